The second-order valence-corrected chi connectivity index (χ2v) is 19.0. The molecule has 3 N–H and O–H groups in total. The molecule has 3 atom stereocenters. The van der Waals surface area contributed by atoms with Crippen LogP contribution in [-0.2, 0) is 14.3 Å². The average molecular weight is 947 g/mol. The lowest BCUT2D eigenvalue weighted by Crippen LogP contribution is -2.46. The quantitative estimate of drug-likeness (QED) is 0.0244. The summed E-state index contributed by atoms with van der Waals surface area (Å²) in [5.74, 6) is -0.602. The SMILES string of the molecule is CC/C=C\C/C=C\C/C=C\C/C=C\C/C=C\C/C=C\CCC(=O)OC(CCCCC/C=C/C=C/CCCCCCCCC)CC(=O)NC(CO)C(O)CCCCCCCCCCCCCCCC. The zero-order chi connectivity index (χ0) is 49.5. The van der Waals surface area contributed by atoms with Crippen LogP contribution in [-0.4, -0.2) is 46.9 Å². The predicted molar refractivity (Wildman–Crippen MR) is 296 cm³/mol. The molecule has 6 heteroatoms. The van der Waals surface area contributed by atoms with Crippen LogP contribution in [0.15, 0.2) is 97.2 Å². The number of hydrogen-bond donors (Lipinski definition) is 3. The predicted octanol–water partition coefficient (Wildman–Crippen LogP) is 17.7. The van der Waals surface area contributed by atoms with E-state index < -0.39 is 18.2 Å². The molecule has 0 saturated carbocycles. The molecule has 1 amide bonds. The second-order valence-electron chi connectivity index (χ2n) is 19.0. The van der Waals surface area contributed by atoms with Crippen molar-refractivity contribution < 1.29 is 24.5 Å². The number of carbonyl (C=O) groups excluding carboxylic acids is 2. The van der Waals surface area contributed by atoms with Gasteiger partial charge in [-0.3, -0.25) is 9.59 Å². The molecule has 0 rings (SSSR count). The number of aliphatic hydroxyl groups excluding tert-OH is 2. The number of rotatable bonds is 50. The molecule has 0 aliphatic carbocycles. The number of ether oxygens (including phenoxy) is 1. The zero-order valence-electron chi connectivity index (χ0n) is 44.5. The summed E-state index contributed by atoms with van der Waals surface area (Å²) < 4.78 is 5.90. The topological polar surface area (TPSA) is 95.9 Å². The van der Waals surface area contributed by atoms with Crippen molar-refractivity contribution in [1.29, 1.82) is 0 Å². The Morgan fingerprint density at radius 2 is 0.838 bits per heavy atom. The van der Waals surface area contributed by atoms with Gasteiger partial charge in [-0.1, -0.05) is 253 Å². The Bertz CT molecular complexity index is 1340. The summed E-state index contributed by atoms with van der Waals surface area (Å²) >= 11 is 0. The van der Waals surface area contributed by atoms with Crippen LogP contribution < -0.4 is 5.32 Å². The first-order chi connectivity index (χ1) is 33.5. The van der Waals surface area contributed by atoms with Crippen molar-refractivity contribution in [2.75, 3.05) is 6.61 Å². The monoisotopic (exact) mass is 946 g/mol. The van der Waals surface area contributed by atoms with Crippen molar-refractivity contribution in [2.24, 2.45) is 0 Å². The summed E-state index contributed by atoms with van der Waals surface area (Å²) in [5, 5.41) is 23.8. The maximum Gasteiger partial charge on any atom is 0.306 e. The Balaban J connectivity index is 4.75. The van der Waals surface area contributed by atoms with Crippen molar-refractivity contribution in [3.8, 4) is 0 Å². The van der Waals surface area contributed by atoms with E-state index in [2.05, 4.69) is 117 Å². The fraction of sp³-hybridized carbons (Fsp3) is 0.710. The largest absolute Gasteiger partial charge is 0.462 e. The molecular weight excluding hydrogens is 839 g/mol. The number of allylic oxidation sites excluding steroid dienone is 16. The van der Waals surface area contributed by atoms with E-state index in [-0.39, 0.29) is 31.3 Å². The first kappa shape index (κ1) is 64.8. The van der Waals surface area contributed by atoms with Gasteiger partial charge in [-0.15, -0.1) is 0 Å². The molecule has 0 aromatic heterocycles. The third-order valence-electron chi connectivity index (χ3n) is 12.4. The molecule has 0 radical (unpaired) electrons. The van der Waals surface area contributed by atoms with Crippen LogP contribution in [0.3, 0.4) is 0 Å². The van der Waals surface area contributed by atoms with E-state index in [9.17, 15) is 19.8 Å². The van der Waals surface area contributed by atoms with E-state index in [0.29, 0.717) is 19.3 Å². The molecule has 3 unspecified atom stereocenters. The molecule has 68 heavy (non-hydrogen) atoms. The summed E-state index contributed by atoms with van der Waals surface area (Å²) in [6, 6.07) is -0.731. The number of esters is 1. The molecule has 0 aliphatic rings. The van der Waals surface area contributed by atoms with E-state index in [1.807, 2.05) is 6.08 Å². The minimum Gasteiger partial charge on any atom is -0.462 e. The average Bonchev–Trinajstić information content (AvgIpc) is 3.33. The third kappa shape index (κ3) is 49.2. The maximum atomic E-state index is 13.3. The number of amides is 1. The fourth-order valence-electron chi connectivity index (χ4n) is 8.15. The molecular formula is C62H107NO5. The summed E-state index contributed by atoms with van der Waals surface area (Å²) in [7, 11) is 0. The number of aliphatic hydroxyl groups is 2. The number of hydrogen-bond acceptors (Lipinski definition) is 5. The standard InChI is InChI=1S/C62H107NO5/c1-4-7-10-13-16-19-22-25-28-30-31-32-34-37-40-43-46-49-52-55-62(67)68-58(53-50-47-44-41-38-35-33-29-26-23-20-17-14-11-8-5-2)56-61(66)63-59(57-64)60(65)54-51-48-45-42-39-36-27-24-21-18-15-12-9-6-3/h7,10,16,19,25,28-29,31-33,35,37-38,40,46,49,58-60,64-65H,4-6,8-9,11-15,17-18,20-24,26-27,30,34,36,39,41-45,47-48,50-57H2,1-3H3,(H,63,66)/b10-7-,19-16-,28-25-,32-31-,33-29+,38-35+,40-37-,49-46-. The van der Waals surface area contributed by atoms with Crippen LogP contribution in [0.4, 0.5) is 0 Å². The Morgan fingerprint density at radius 1 is 0.456 bits per heavy atom. The lowest BCUT2D eigenvalue weighted by molar-refractivity contribution is -0.150. The highest BCUT2D eigenvalue weighted by Gasteiger charge is 2.24. The fourth-order valence-corrected chi connectivity index (χ4v) is 8.15. The molecule has 0 heterocycles. The molecule has 0 aromatic rings. The zero-order valence-corrected chi connectivity index (χ0v) is 44.5. The highest BCUT2D eigenvalue weighted by Crippen LogP contribution is 2.17. The van der Waals surface area contributed by atoms with Crippen LogP contribution in [0, 0.1) is 0 Å². The number of nitrogens with one attached hydrogen (secondary N) is 1. The van der Waals surface area contributed by atoms with Crippen LogP contribution in [0.1, 0.15) is 258 Å². The van der Waals surface area contributed by atoms with Gasteiger partial charge < -0.3 is 20.3 Å². The van der Waals surface area contributed by atoms with Gasteiger partial charge in [0.2, 0.25) is 5.91 Å². The van der Waals surface area contributed by atoms with E-state index in [1.54, 1.807) is 0 Å². The minimum atomic E-state index is -0.813. The van der Waals surface area contributed by atoms with Gasteiger partial charge >= 0.3 is 5.97 Å². The summed E-state index contributed by atoms with van der Waals surface area (Å²) in [5.41, 5.74) is 0. The lowest BCUT2D eigenvalue weighted by atomic mass is 10.0. The van der Waals surface area contributed by atoms with Gasteiger partial charge in [-0.25, -0.2) is 0 Å². The summed E-state index contributed by atoms with van der Waals surface area (Å²) in [6.45, 7) is 6.35. The molecule has 0 bridgehead atoms. The van der Waals surface area contributed by atoms with Crippen molar-refractivity contribution in [3.05, 3.63) is 97.2 Å². The lowest BCUT2D eigenvalue weighted by Gasteiger charge is -2.24. The molecule has 0 aliphatic heterocycles. The molecule has 6 nitrogen and oxygen atoms in total. The van der Waals surface area contributed by atoms with Crippen molar-refractivity contribution >= 4 is 11.9 Å². The smallest absolute Gasteiger partial charge is 0.306 e. The third-order valence-corrected chi connectivity index (χ3v) is 12.4. The minimum absolute atomic E-state index is 0.0250. The van der Waals surface area contributed by atoms with Crippen molar-refractivity contribution in [1.82, 2.24) is 5.32 Å². The Labute approximate surface area is 420 Å². The Kier molecular flexibility index (Phi) is 52.1. The van der Waals surface area contributed by atoms with Crippen LogP contribution in [0.25, 0.3) is 0 Å². The van der Waals surface area contributed by atoms with Gasteiger partial charge in [0, 0.05) is 6.42 Å². The van der Waals surface area contributed by atoms with Crippen LogP contribution >= 0.6 is 0 Å². The summed E-state index contributed by atoms with van der Waals surface area (Å²) in [4.78, 5) is 26.2. The molecule has 390 valence electrons. The van der Waals surface area contributed by atoms with E-state index in [0.717, 1.165) is 89.9 Å². The van der Waals surface area contributed by atoms with E-state index in [4.69, 9.17) is 4.74 Å². The maximum absolute atomic E-state index is 13.3. The highest BCUT2D eigenvalue weighted by molar-refractivity contribution is 5.77. The van der Waals surface area contributed by atoms with Gasteiger partial charge in [0.15, 0.2) is 0 Å². The molecule has 0 spiro atoms. The first-order valence-electron chi connectivity index (χ1n) is 28.5. The molecule has 0 aromatic carbocycles. The normalized spacial score (nSPS) is 13.9. The van der Waals surface area contributed by atoms with Crippen LogP contribution in [0.2, 0.25) is 0 Å². The van der Waals surface area contributed by atoms with Gasteiger partial charge in [0.1, 0.15) is 6.10 Å². The summed E-state index contributed by atoms with van der Waals surface area (Å²) in [6.07, 6.45) is 73.3. The number of unbranched alkanes of at least 4 members (excludes halogenated alkanes) is 23. The van der Waals surface area contributed by atoms with E-state index >= 15 is 0 Å². The first-order valence-corrected chi connectivity index (χ1v) is 28.5. The highest BCUT2D eigenvalue weighted by atomic mass is 16.5. The Morgan fingerprint density at radius 3 is 1.28 bits per heavy atom. The van der Waals surface area contributed by atoms with Gasteiger partial charge in [-0.05, 0) is 89.9 Å². The van der Waals surface area contributed by atoms with Crippen molar-refractivity contribution in [3.63, 3.8) is 0 Å². The molecule has 0 saturated heterocycles. The van der Waals surface area contributed by atoms with Gasteiger partial charge in [0.05, 0.1) is 25.2 Å². The van der Waals surface area contributed by atoms with Crippen molar-refractivity contribution in [2.45, 2.75) is 277 Å². The second kappa shape index (κ2) is 54.7. The van der Waals surface area contributed by atoms with Gasteiger partial charge in [-0.2, -0.15) is 0 Å². The molecule has 0 fully saturated rings. The van der Waals surface area contributed by atoms with Gasteiger partial charge in [0.25, 0.3) is 0 Å². The van der Waals surface area contributed by atoms with E-state index in [1.165, 1.54) is 116 Å². The van der Waals surface area contributed by atoms with Crippen LogP contribution in [0.5, 0.6) is 0 Å². The Hall–Kier alpha value is -3.22. The number of carbonyl (C=O) groups is 2.